The lowest BCUT2D eigenvalue weighted by atomic mass is 10.0. The number of amides is 1. The number of methoxy groups -OCH3 is 1. The zero-order valence-electron chi connectivity index (χ0n) is 13.9. The molecule has 0 aliphatic rings. The van der Waals surface area contributed by atoms with Crippen molar-refractivity contribution in [3.05, 3.63) is 77.9 Å². The number of halogens is 1. The Labute approximate surface area is 145 Å². The topological polar surface area (TPSA) is 56.1 Å². The molecule has 0 spiro atoms. The quantitative estimate of drug-likeness (QED) is 0.774. The third-order valence-electron chi connectivity index (χ3n) is 3.92. The summed E-state index contributed by atoms with van der Waals surface area (Å²) < 4.78 is 20.9. The van der Waals surface area contributed by atoms with E-state index in [0.29, 0.717) is 0 Å². The van der Waals surface area contributed by atoms with E-state index >= 15 is 0 Å². The summed E-state index contributed by atoms with van der Waals surface area (Å²) in [4.78, 5) is 12.6. The molecular formula is C19H18FN3O2. The normalized spacial score (nSPS) is 11.8. The average Bonchev–Trinajstić information content (AvgIpc) is 3.15. The Morgan fingerprint density at radius 2 is 2.00 bits per heavy atom. The molecule has 128 valence electrons. The highest BCUT2D eigenvalue weighted by Crippen LogP contribution is 2.24. The molecule has 6 heteroatoms. The van der Waals surface area contributed by atoms with Gasteiger partial charge in [-0.25, -0.2) is 9.07 Å². The highest BCUT2D eigenvalue weighted by atomic mass is 19.1. The second kappa shape index (κ2) is 7.17. The third kappa shape index (κ3) is 3.38. The molecule has 25 heavy (non-hydrogen) atoms. The van der Waals surface area contributed by atoms with Crippen LogP contribution in [0.1, 0.15) is 28.9 Å². The third-order valence-corrected chi connectivity index (χ3v) is 3.92. The molecule has 0 saturated heterocycles. The Bertz CT molecular complexity index is 878. The first-order chi connectivity index (χ1) is 12.1. The van der Waals surface area contributed by atoms with E-state index in [2.05, 4.69) is 10.4 Å². The summed E-state index contributed by atoms with van der Waals surface area (Å²) in [7, 11) is 1.40. The van der Waals surface area contributed by atoms with Crippen LogP contribution in [-0.4, -0.2) is 22.8 Å². The van der Waals surface area contributed by atoms with E-state index in [1.807, 2.05) is 43.5 Å². The first kappa shape index (κ1) is 16.7. The Kier molecular flexibility index (Phi) is 4.79. The molecule has 1 amide bonds. The van der Waals surface area contributed by atoms with E-state index < -0.39 is 11.7 Å². The van der Waals surface area contributed by atoms with Gasteiger partial charge in [-0.3, -0.25) is 4.79 Å². The van der Waals surface area contributed by atoms with E-state index in [1.54, 1.807) is 16.9 Å². The molecule has 0 bridgehead atoms. The van der Waals surface area contributed by atoms with Gasteiger partial charge in [0.1, 0.15) is 17.1 Å². The van der Waals surface area contributed by atoms with Gasteiger partial charge in [0.2, 0.25) is 0 Å². The van der Waals surface area contributed by atoms with Crippen molar-refractivity contribution in [1.29, 1.82) is 0 Å². The van der Waals surface area contributed by atoms with Crippen molar-refractivity contribution in [3.63, 3.8) is 0 Å². The van der Waals surface area contributed by atoms with Gasteiger partial charge in [0.15, 0.2) is 0 Å². The molecule has 0 aliphatic heterocycles. The van der Waals surface area contributed by atoms with E-state index in [0.717, 1.165) is 11.3 Å². The number of nitrogens with zero attached hydrogens (tertiary/aromatic N) is 2. The number of ether oxygens (including phenoxy) is 1. The van der Waals surface area contributed by atoms with Crippen molar-refractivity contribution in [2.75, 3.05) is 7.11 Å². The van der Waals surface area contributed by atoms with Gasteiger partial charge in [0, 0.05) is 12.4 Å². The van der Waals surface area contributed by atoms with Crippen LogP contribution in [0.15, 0.2) is 60.9 Å². The highest BCUT2D eigenvalue weighted by Gasteiger charge is 2.21. The molecule has 0 fully saturated rings. The molecule has 5 nitrogen and oxygen atoms in total. The molecule has 3 aromatic rings. The zero-order chi connectivity index (χ0) is 17.8. The molecule has 0 aliphatic carbocycles. The van der Waals surface area contributed by atoms with E-state index in [9.17, 15) is 9.18 Å². The summed E-state index contributed by atoms with van der Waals surface area (Å²) in [6.07, 6.45) is 3.51. The van der Waals surface area contributed by atoms with Crippen LogP contribution in [0.3, 0.4) is 0 Å². The molecule has 0 saturated carbocycles. The number of nitrogens with one attached hydrogen (secondary N) is 1. The largest absolute Gasteiger partial charge is 0.496 e. The van der Waals surface area contributed by atoms with Crippen molar-refractivity contribution in [2.45, 2.75) is 13.0 Å². The Morgan fingerprint density at radius 1 is 1.20 bits per heavy atom. The van der Waals surface area contributed by atoms with Crippen LogP contribution in [0.25, 0.3) is 5.69 Å². The Balaban J connectivity index is 1.89. The minimum absolute atomic E-state index is 0.103. The van der Waals surface area contributed by atoms with Crippen LogP contribution in [0, 0.1) is 5.82 Å². The predicted octanol–water partition coefficient (Wildman–Crippen LogP) is 3.51. The van der Waals surface area contributed by atoms with Gasteiger partial charge in [-0.15, -0.1) is 0 Å². The SMILES string of the molecule is COc1cccc(F)c1C(=O)N[C@H](C)c1ccccc1-n1cccn1. The maximum Gasteiger partial charge on any atom is 0.258 e. The second-order valence-electron chi connectivity index (χ2n) is 5.52. The fraction of sp³-hybridized carbons (Fsp3) is 0.158. The van der Waals surface area contributed by atoms with Gasteiger partial charge in [-0.2, -0.15) is 5.10 Å². The van der Waals surface area contributed by atoms with Gasteiger partial charge in [0.25, 0.3) is 5.91 Å². The van der Waals surface area contributed by atoms with Crippen LogP contribution in [-0.2, 0) is 0 Å². The van der Waals surface area contributed by atoms with Crippen LogP contribution in [0.2, 0.25) is 0 Å². The zero-order valence-corrected chi connectivity index (χ0v) is 13.9. The number of aromatic nitrogens is 2. The van der Waals surface area contributed by atoms with Crippen LogP contribution >= 0.6 is 0 Å². The van der Waals surface area contributed by atoms with E-state index in [4.69, 9.17) is 4.74 Å². The molecule has 2 aromatic carbocycles. The van der Waals surface area contributed by atoms with Crippen LogP contribution in [0.4, 0.5) is 4.39 Å². The minimum Gasteiger partial charge on any atom is -0.496 e. The number of carbonyl (C=O) groups is 1. The fourth-order valence-electron chi connectivity index (χ4n) is 2.72. The number of hydrogen-bond donors (Lipinski definition) is 1. The number of carbonyl (C=O) groups excluding carboxylic acids is 1. The van der Waals surface area contributed by atoms with E-state index in [-0.39, 0.29) is 17.4 Å². The van der Waals surface area contributed by atoms with Gasteiger partial charge in [-0.1, -0.05) is 24.3 Å². The molecular weight excluding hydrogens is 321 g/mol. The summed E-state index contributed by atoms with van der Waals surface area (Å²) in [5, 5.41) is 7.06. The highest BCUT2D eigenvalue weighted by molar-refractivity contribution is 5.97. The summed E-state index contributed by atoms with van der Waals surface area (Å²) in [6.45, 7) is 1.84. The van der Waals surface area contributed by atoms with Gasteiger partial charge < -0.3 is 10.1 Å². The predicted molar refractivity (Wildman–Crippen MR) is 92.4 cm³/mol. The van der Waals surface area contributed by atoms with Crippen molar-refractivity contribution in [2.24, 2.45) is 0 Å². The lowest BCUT2D eigenvalue weighted by molar-refractivity contribution is 0.0932. The number of benzene rings is 2. The fourth-order valence-corrected chi connectivity index (χ4v) is 2.72. The van der Waals surface area contributed by atoms with Gasteiger partial charge in [-0.05, 0) is 36.8 Å². The lowest BCUT2D eigenvalue weighted by Gasteiger charge is -2.19. The minimum atomic E-state index is -0.621. The van der Waals surface area contributed by atoms with Crippen molar-refractivity contribution < 1.29 is 13.9 Å². The summed E-state index contributed by atoms with van der Waals surface area (Å²) in [5.41, 5.74) is 1.61. The number of rotatable bonds is 5. The second-order valence-corrected chi connectivity index (χ2v) is 5.52. The number of hydrogen-bond acceptors (Lipinski definition) is 3. The van der Waals surface area contributed by atoms with Crippen LogP contribution in [0.5, 0.6) is 5.75 Å². The molecule has 1 N–H and O–H groups in total. The van der Waals surface area contributed by atoms with Gasteiger partial charge >= 0.3 is 0 Å². The molecule has 1 aromatic heterocycles. The molecule has 0 unspecified atom stereocenters. The summed E-state index contributed by atoms with van der Waals surface area (Å²) >= 11 is 0. The molecule has 1 atom stereocenters. The standard InChI is InChI=1S/C19H18FN3O2/c1-13(14-7-3-4-9-16(14)23-12-6-11-21-23)22-19(24)18-15(20)8-5-10-17(18)25-2/h3-13H,1-2H3,(H,22,24)/t13-/m1/s1. The van der Waals surface area contributed by atoms with Crippen molar-refractivity contribution >= 4 is 5.91 Å². The Morgan fingerprint density at radius 3 is 2.72 bits per heavy atom. The summed E-state index contributed by atoms with van der Waals surface area (Å²) in [6, 6.07) is 13.4. The van der Waals surface area contributed by atoms with Crippen molar-refractivity contribution in [3.8, 4) is 11.4 Å². The van der Waals surface area contributed by atoms with E-state index in [1.165, 1.54) is 19.2 Å². The Hall–Kier alpha value is -3.15. The van der Waals surface area contributed by atoms with Crippen LogP contribution < -0.4 is 10.1 Å². The first-order valence-electron chi connectivity index (χ1n) is 7.84. The maximum atomic E-state index is 14.1. The summed E-state index contributed by atoms with van der Waals surface area (Å²) in [5.74, 6) is -0.952. The monoisotopic (exact) mass is 339 g/mol. The molecule has 0 radical (unpaired) electrons. The van der Waals surface area contributed by atoms with Gasteiger partial charge in [0.05, 0.1) is 18.8 Å². The van der Waals surface area contributed by atoms with Crippen molar-refractivity contribution in [1.82, 2.24) is 15.1 Å². The molecule has 3 rings (SSSR count). The lowest BCUT2D eigenvalue weighted by Crippen LogP contribution is -2.28. The average molecular weight is 339 g/mol. The first-order valence-corrected chi connectivity index (χ1v) is 7.84. The maximum absolute atomic E-state index is 14.1. The molecule has 1 heterocycles. The smallest absolute Gasteiger partial charge is 0.258 e. The number of para-hydroxylation sites is 1.